The predicted octanol–water partition coefficient (Wildman–Crippen LogP) is 6.91. The zero-order chi connectivity index (χ0) is 29.1. The number of hydrogen-bond donors (Lipinski definition) is 0. The SMILES string of the molecule is CCCCOC(=O)CSc1cc(N(C(=O)C2=C(C(=O)OCCC)CCCC2)C(=O)c2ccccc2)c(F)cc1Cl. The Bertz CT molecular complexity index is 1270. The van der Waals surface area contributed by atoms with Crippen molar-refractivity contribution in [3.05, 3.63) is 70.0 Å². The molecule has 2 aromatic carbocycles. The van der Waals surface area contributed by atoms with Crippen molar-refractivity contribution in [3.8, 4) is 0 Å². The summed E-state index contributed by atoms with van der Waals surface area (Å²) in [6.07, 6.45) is 4.11. The summed E-state index contributed by atoms with van der Waals surface area (Å²) in [7, 11) is 0. The lowest BCUT2D eigenvalue weighted by Crippen LogP contribution is -2.40. The van der Waals surface area contributed by atoms with Crippen LogP contribution in [-0.4, -0.2) is 42.7 Å². The fourth-order valence-electron chi connectivity index (χ4n) is 4.11. The smallest absolute Gasteiger partial charge is 0.334 e. The number of nitrogens with zero attached hydrogens (tertiary/aromatic N) is 1. The molecule has 7 nitrogen and oxygen atoms in total. The van der Waals surface area contributed by atoms with Crippen LogP contribution in [-0.2, 0) is 23.9 Å². The Balaban J connectivity index is 2.04. The van der Waals surface area contributed by atoms with E-state index in [1.807, 2.05) is 13.8 Å². The van der Waals surface area contributed by atoms with E-state index in [-0.39, 0.29) is 46.2 Å². The maximum absolute atomic E-state index is 15.5. The molecule has 0 atom stereocenters. The van der Waals surface area contributed by atoms with E-state index < -0.39 is 29.6 Å². The molecule has 214 valence electrons. The highest BCUT2D eigenvalue weighted by molar-refractivity contribution is 8.00. The highest BCUT2D eigenvalue weighted by Crippen LogP contribution is 2.36. The molecule has 0 aromatic heterocycles. The van der Waals surface area contributed by atoms with Crippen molar-refractivity contribution < 1.29 is 33.0 Å². The quantitative estimate of drug-likeness (QED) is 0.115. The third-order valence-corrected chi connectivity index (χ3v) is 7.64. The molecule has 3 rings (SSSR count). The standard InChI is InChI=1S/C30H33ClFNO6S/c1-3-5-16-38-27(34)19-40-26-18-25(24(32)17-23(26)31)33(28(35)20-11-7-6-8-12-20)29(36)21-13-9-10-14-22(21)30(37)39-15-4-2/h6-8,11-12,17-18H,3-5,9-10,13-16,19H2,1-2H3. The van der Waals surface area contributed by atoms with Gasteiger partial charge in [0.1, 0.15) is 5.82 Å². The van der Waals surface area contributed by atoms with Crippen LogP contribution >= 0.6 is 23.4 Å². The largest absolute Gasteiger partial charge is 0.465 e. The van der Waals surface area contributed by atoms with Gasteiger partial charge in [0, 0.05) is 21.6 Å². The topological polar surface area (TPSA) is 90.0 Å². The number of ether oxygens (including phenoxy) is 2. The van der Waals surface area contributed by atoms with Crippen LogP contribution in [0.3, 0.4) is 0 Å². The van der Waals surface area contributed by atoms with Gasteiger partial charge in [-0.1, -0.05) is 50.1 Å². The Morgan fingerprint density at radius 2 is 1.62 bits per heavy atom. The van der Waals surface area contributed by atoms with E-state index in [9.17, 15) is 19.2 Å². The molecular formula is C30H33ClFNO6S. The van der Waals surface area contributed by atoms with E-state index in [1.54, 1.807) is 18.2 Å². The lowest BCUT2D eigenvalue weighted by Gasteiger charge is -2.26. The Morgan fingerprint density at radius 1 is 0.925 bits per heavy atom. The fourth-order valence-corrected chi connectivity index (χ4v) is 5.18. The Morgan fingerprint density at radius 3 is 2.30 bits per heavy atom. The summed E-state index contributed by atoms with van der Waals surface area (Å²) in [6, 6.07) is 10.3. The minimum atomic E-state index is -0.899. The lowest BCUT2D eigenvalue weighted by atomic mass is 9.90. The number of benzene rings is 2. The molecule has 0 heterocycles. The number of esters is 2. The Hall–Kier alpha value is -3.17. The second kappa shape index (κ2) is 15.6. The Kier molecular flexibility index (Phi) is 12.2. The van der Waals surface area contributed by atoms with Crippen LogP contribution in [0.4, 0.5) is 10.1 Å². The highest BCUT2D eigenvalue weighted by atomic mass is 35.5. The van der Waals surface area contributed by atoms with Crippen molar-refractivity contribution >= 4 is 52.8 Å². The van der Waals surface area contributed by atoms with E-state index in [2.05, 4.69) is 0 Å². The van der Waals surface area contributed by atoms with Crippen LogP contribution in [0.1, 0.15) is 69.2 Å². The van der Waals surface area contributed by atoms with E-state index in [1.165, 1.54) is 18.2 Å². The molecular weight excluding hydrogens is 557 g/mol. The third kappa shape index (κ3) is 8.17. The lowest BCUT2D eigenvalue weighted by molar-refractivity contribution is -0.141. The first-order valence-corrected chi connectivity index (χ1v) is 14.7. The van der Waals surface area contributed by atoms with E-state index in [0.717, 1.165) is 35.6 Å². The van der Waals surface area contributed by atoms with Crippen LogP contribution in [0, 0.1) is 5.82 Å². The second-order valence-corrected chi connectivity index (χ2v) is 10.6. The molecule has 0 radical (unpaired) electrons. The van der Waals surface area contributed by atoms with Crippen LogP contribution in [0.2, 0.25) is 5.02 Å². The van der Waals surface area contributed by atoms with Gasteiger partial charge in [0.25, 0.3) is 11.8 Å². The van der Waals surface area contributed by atoms with E-state index in [4.69, 9.17) is 21.1 Å². The van der Waals surface area contributed by atoms with Crippen LogP contribution in [0.25, 0.3) is 0 Å². The summed E-state index contributed by atoms with van der Waals surface area (Å²) < 4.78 is 25.9. The predicted molar refractivity (Wildman–Crippen MR) is 153 cm³/mol. The minimum Gasteiger partial charge on any atom is -0.465 e. The zero-order valence-corrected chi connectivity index (χ0v) is 24.2. The molecule has 0 fully saturated rings. The van der Waals surface area contributed by atoms with Gasteiger partial charge in [-0.2, -0.15) is 0 Å². The van der Waals surface area contributed by atoms with Crippen LogP contribution < -0.4 is 4.90 Å². The summed E-state index contributed by atoms with van der Waals surface area (Å²) in [6.45, 7) is 4.33. The number of hydrogen-bond acceptors (Lipinski definition) is 7. The zero-order valence-electron chi connectivity index (χ0n) is 22.7. The molecule has 0 aliphatic heterocycles. The normalized spacial score (nSPS) is 13.1. The average Bonchev–Trinajstić information content (AvgIpc) is 2.96. The molecule has 40 heavy (non-hydrogen) atoms. The van der Waals surface area contributed by atoms with Crippen molar-refractivity contribution in [1.82, 2.24) is 0 Å². The van der Waals surface area contributed by atoms with Gasteiger partial charge in [-0.3, -0.25) is 14.4 Å². The van der Waals surface area contributed by atoms with Gasteiger partial charge in [0.15, 0.2) is 0 Å². The highest BCUT2D eigenvalue weighted by Gasteiger charge is 2.34. The molecule has 0 bridgehead atoms. The van der Waals surface area contributed by atoms with Gasteiger partial charge < -0.3 is 9.47 Å². The first-order chi connectivity index (χ1) is 19.3. The first-order valence-electron chi connectivity index (χ1n) is 13.4. The first kappa shape index (κ1) is 31.4. The molecule has 1 aliphatic rings. The number of rotatable bonds is 12. The average molecular weight is 590 g/mol. The number of unbranched alkanes of at least 4 members (excludes halogenated alkanes) is 1. The minimum absolute atomic E-state index is 0.0212. The number of amides is 2. The van der Waals surface area contributed by atoms with Crippen molar-refractivity contribution in [2.45, 2.75) is 63.7 Å². The molecule has 10 heteroatoms. The van der Waals surface area contributed by atoms with Crippen LogP contribution in [0.15, 0.2) is 58.5 Å². The number of thioether (sulfide) groups is 1. The van der Waals surface area contributed by atoms with Crippen molar-refractivity contribution in [1.29, 1.82) is 0 Å². The van der Waals surface area contributed by atoms with Crippen molar-refractivity contribution in [2.24, 2.45) is 0 Å². The van der Waals surface area contributed by atoms with Gasteiger partial charge in [-0.05, 0) is 62.8 Å². The van der Waals surface area contributed by atoms with Crippen molar-refractivity contribution in [2.75, 3.05) is 23.9 Å². The summed E-state index contributed by atoms with van der Waals surface area (Å²) in [4.78, 5) is 53.7. The van der Waals surface area contributed by atoms with Crippen LogP contribution in [0.5, 0.6) is 0 Å². The molecule has 0 N–H and O–H groups in total. The molecule has 0 unspecified atom stereocenters. The summed E-state index contributed by atoms with van der Waals surface area (Å²) >= 11 is 7.30. The summed E-state index contributed by atoms with van der Waals surface area (Å²) in [5.74, 6) is -3.62. The second-order valence-electron chi connectivity index (χ2n) is 9.21. The Labute approximate surface area is 243 Å². The molecule has 0 saturated carbocycles. The fraction of sp³-hybridized carbons (Fsp3) is 0.400. The monoisotopic (exact) mass is 589 g/mol. The number of carbonyl (C=O) groups is 4. The van der Waals surface area contributed by atoms with E-state index >= 15 is 4.39 Å². The van der Waals surface area contributed by atoms with Gasteiger partial charge in [0.2, 0.25) is 0 Å². The number of carbonyl (C=O) groups excluding carboxylic acids is 4. The number of anilines is 1. The van der Waals surface area contributed by atoms with Gasteiger partial charge in [-0.25, -0.2) is 14.1 Å². The van der Waals surface area contributed by atoms with Gasteiger partial charge in [-0.15, -0.1) is 11.8 Å². The summed E-state index contributed by atoms with van der Waals surface area (Å²) in [5, 5.41) is 0.0212. The number of imide groups is 1. The molecule has 2 aromatic rings. The maximum atomic E-state index is 15.5. The van der Waals surface area contributed by atoms with Gasteiger partial charge in [0.05, 0.1) is 29.7 Å². The molecule has 1 aliphatic carbocycles. The van der Waals surface area contributed by atoms with Gasteiger partial charge >= 0.3 is 11.9 Å². The molecule has 2 amide bonds. The molecule has 0 spiro atoms. The number of halogens is 2. The maximum Gasteiger partial charge on any atom is 0.334 e. The summed E-state index contributed by atoms with van der Waals surface area (Å²) in [5.41, 5.74) is 0.156. The third-order valence-electron chi connectivity index (χ3n) is 6.19. The van der Waals surface area contributed by atoms with Crippen molar-refractivity contribution in [3.63, 3.8) is 0 Å². The molecule has 0 saturated heterocycles. The van der Waals surface area contributed by atoms with E-state index in [0.29, 0.717) is 37.2 Å².